The van der Waals surface area contributed by atoms with Gasteiger partial charge in [0.25, 0.3) is 5.91 Å². The van der Waals surface area contributed by atoms with Gasteiger partial charge in [-0.2, -0.15) is 0 Å². The molecule has 1 saturated heterocycles. The summed E-state index contributed by atoms with van der Waals surface area (Å²) in [6, 6.07) is 10.8. The van der Waals surface area contributed by atoms with Gasteiger partial charge < -0.3 is 10.2 Å². The van der Waals surface area contributed by atoms with Crippen LogP contribution >= 0.6 is 0 Å². The summed E-state index contributed by atoms with van der Waals surface area (Å²) in [6.45, 7) is 3.33. The molecule has 0 aromatic heterocycles. The van der Waals surface area contributed by atoms with Crippen LogP contribution in [0.3, 0.4) is 0 Å². The summed E-state index contributed by atoms with van der Waals surface area (Å²) in [5.74, 6) is -2.44. The first kappa shape index (κ1) is 17.5. The van der Waals surface area contributed by atoms with Crippen LogP contribution in [0.2, 0.25) is 0 Å². The van der Waals surface area contributed by atoms with E-state index in [1.807, 2.05) is 18.2 Å². The third-order valence-corrected chi connectivity index (χ3v) is 4.53. The van der Waals surface area contributed by atoms with Gasteiger partial charge >= 0.3 is 0 Å². The van der Waals surface area contributed by atoms with Crippen molar-refractivity contribution in [2.75, 3.05) is 25.0 Å². The Kier molecular flexibility index (Phi) is 5.76. The molecule has 25 heavy (non-hydrogen) atoms. The number of likely N-dealkylation sites (tertiary alicyclic amines) is 1. The summed E-state index contributed by atoms with van der Waals surface area (Å²) in [5, 5.41) is 2.74. The van der Waals surface area contributed by atoms with E-state index in [0.29, 0.717) is 5.69 Å². The molecule has 0 atom stereocenters. The van der Waals surface area contributed by atoms with Crippen molar-refractivity contribution >= 4 is 11.6 Å². The summed E-state index contributed by atoms with van der Waals surface area (Å²) in [6.07, 6.45) is 4.78. The van der Waals surface area contributed by atoms with E-state index >= 15 is 0 Å². The van der Waals surface area contributed by atoms with Gasteiger partial charge in [-0.25, -0.2) is 8.78 Å². The van der Waals surface area contributed by atoms with E-state index in [2.05, 4.69) is 10.2 Å². The first-order valence-electron chi connectivity index (χ1n) is 8.69. The van der Waals surface area contributed by atoms with Gasteiger partial charge in [0.05, 0.1) is 0 Å². The number of halogens is 2. The highest BCUT2D eigenvalue weighted by Gasteiger charge is 2.12. The number of hydrogen-bond acceptors (Lipinski definition) is 2. The second-order valence-electron chi connectivity index (χ2n) is 6.44. The third kappa shape index (κ3) is 4.86. The summed E-state index contributed by atoms with van der Waals surface area (Å²) >= 11 is 0. The molecule has 3 rings (SSSR count). The molecular formula is C20H22F2N2O. The molecular weight excluding hydrogens is 322 g/mol. The number of rotatable bonds is 5. The van der Waals surface area contributed by atoms with E-state index in [-0.39, 0.29) is 5.56 Å². The number of nitrogens with zero attached hydrogens (tertiary/aromatic N) is 1. The van der Waals surface area contributed by atoms with Gasteiger partial charge in [0.2, 0.25) is 0 Å². The molecule has 3 nitrogen and oxygen atoms in total. The van der Waals surface area contributed by atoms with E-state index in [0.717, 1.165) is 43.8 Å². The number of piperidine rings is 1. The third-order valence-electron chi connectivity index (χ3n) is 4.53. The normalized spacial score (nSPS) is 15.1. The molecule has 0 saturated carbocycles. The van der Waals surface area contributed by atoms with Crippen molar-refractivity contribution in [3.63, 3.8) is 0 Å². The maximum atomic E-state index is 13.3. The van der Waals surface area contributed by atoms with E-state index in [9.17, 15) is 13.6 Å². The molecule has 0 aliphatic carbocycles. The first-order chi connectivity index (χ1) is 12.1. The van der Waals surface area contributed by atoms with Crippen LogP contribution < -0.4 is 5.32 Å². The van der Waals surface area contributed by atoms with E-state index in [1.165, 1.54) is 25.3 Å². The number of amides is 1. The Labute approximate surface area is 146 Å². The average molecular weight is 344 g/mol. The van der Waals surface area contributed by atoms with Crippen LogP contribution in [-0.2, 0) is 6.42 Å². The van der Waals surface area contributed by atoms with Crippen molar-refractivity contribution in [2.24, 2.45) is 0 Å². The highest BCUT2D eigenvalue weighted by molar-refractivity contribution is 6.04. The second-order valence-corrected chi connectivity index (χ2v) is 6.44. The van der Waals surface area contributed by atoms with Gasteiger partial charge in [-0.3, -0.25) is 4.79 Å². The fourth-order valence-electron chi connectivity index (χ4n) is 3.12. The molecule has 1 N–H and O–H groups in total. The zero-order valence-corrected chi connectivity index (χ0v) is 14.1. The van der Waals surface area contributed by atoms with Crippen LogP contribution in [0.4, 0.5) is 14.5 Å². The van der Waals surface area contributed by atoms with Crippen LogP contribution in [0.1, 0.15) is 35.2 Å². The Hall–Kier alpha value is -2.27. The second kappa shape index (κ2) is 8.21. The molecule has 1 aliphatic heterocycles. The summed E-state index contributed by atoms with van der Waals surface area (Å²) in [4.78, 5) is 14.7. The van der Waals surface area contributed by atoms with Crippen LogP contribution in [0.25, 0.3) is 0 Å². The van der Waals surface area contributed by atoms with E-state index in [4.69, 9.17) is 0 Å². The van der Waals surface area contributed by atoms with Crippen LogP contribution in [0, 0.1) is 11.6 Å². The Morgan fingerprint density at radius 2 is 1.80 bits per heavy atom. The molecule has 0 spiro atoms. The number of carbonyl (C=O) groups is 1. The van der Waals surface area contributed by atoms with Gasteiger partial charge in [0.15, 0.2) is 11.6 Å². The summed E-state index contributed by atoms with van der Waals surface area (Å²) in [5.41, 5.74) is 1.90. The van der Waals surface area contributed by atoms with Crippen LogP contribution in [0.15, 0.2) is 42.5 Å². The number of benzene rings is 2. The predicted molar refractivity (Wildman–Crippen MR) is 94.7 cm³/mol. The highest BCUT2D eigenvalue weighted by atomic mass is 19.2. The maximum absolute atomic E-state index is 13.3. The van der Waals surface area contributed by atoms with Crippen molar-refractivity contribution in [1.82, 2.24) is 4.90 Å². The minimum atomic E-state index is -1.03. The van der Waals surface area contributed by atoms with E-state index < -0.39 is 17.5 Å². The van der Waals surface area contributed by atoms with Gasteiger partial charge in [-0.1, -0.05) is 18.6 Å². The van der Waals surface area contributed by atoms with E-state index in [1.54, 1.807) is 6.07 Å². The first-order valence-corrected chi connectivity index (χ1v) is 8.69. The number of hydrogen-bond donors (Lipinski definition) is 1. The molecule has 132 valence electrons. The number of nitrogens with one attached hydrogen (secondary N) is 1. The van der Waals surface area contributed by atoms with Gasteiger partial charge in [-0.05, 0) is 68.2 Å². The van der Waals surface area contributed by atoms with Crippen LogP contribution in [-0.4, -0.2) is 30.4 Å². The topological polar surface area (TPSA) is 32.3 Å². The summed E-state index contributed by atoms with van der Waals surface area (Å²) < 4.78 is 26.2. The lowest BCUT2D eigenvalue weighted by molar-refractivity contribution is 0.102. The minimum absolute atomic E-state index is 0.0950. The zero-order valence-electron chi connectivity index (χ0n) is 14.1. The molecule has 1 heterocycles. The van der Waals surface area contributed by atoms with Crippen molar-refractivity contribution in [2.45, 2.75) is 25.7 Å². The maximum Gasteiger partial charge on any atom is 0.255 e. The molecule has 0 unspecified atom stereocenters. The van der Waals surface area contributed by atoms with Gasteiger partial charge in [0.1, 0.15) is 0 Å². The number of anilines is 1. The largest absolute Gasteiger partial charge is 0.322 e. The molecule has 1 aliphatic rings. The lowest BCUT2D eigenvalue weighted by Gasteiger charge is -2.26. The Balaban J connectivity index is 1.60. The van der Waals surface area contributed by atoms with Gasteiger partial charge in [-0.15, -0.1) is 0 Å². The van der Waals surface area contributed by atoms with Crippen molar-refractivity contribution in [3.05, 3.63) is 65.2 Å². The van der Waals surface area contributed by atoms with Crippen molar-refractivity contribution < 1.29 is 13.6 Å². The highest BCUT2D eigenvalue weighted by Crippen LogP contribution is 2.16. The molecule has 1 fully saturated rings. The zero-order chi connectivity index (χ0) is 17.6. The lowest BCUT2D eigenvalue weighted by atomic mass is 10.1. The molecule has 1 amide bonds. The predicted octanol–water partition coefficient (Wildman–Crippen LogP) is 4.25. The molecule has 2 aromatic rings. The fourth-order valence-corrected chi connectivity index (χ4v) is 3.12. The van der Waals surface area contributed by atoms with Crippen molar-refractivity contribution in [1.29, 1.82) is 0 Å². The Bertz CT molecular complexity index is 742. The monoisotopic (exact) mass is 344 g/mol. The van der Waals surface area contributed by atoms with Crippen LogP contribution in [0.5, 0.6) is 0 Å². The minimum Gasteiger partial charge on any atom is -0.322 e. The fraction of sp³-hybridized carbons (Fsp3) is 0.350. The summed E-state index contributed by atoms with van der Waals surface area (Å²) in [7, 11) is 0. The Morgan fingerprint density at radius 3 is 2.56 bits per heavy atom. The standard InChI is InChI=1S/C20H22F2N2O/c21-18-8-7-16(14-19(18)22)20(25)23-17-6-4-5-15(13-17)9-12-24-10-2-1-3-11-24/h4-8,13-14H,1-3,9-12H2,(H,23,25). The SMILES string of the molecule is O=C(Nc1cccc(CCN2CCCCC2)c1)c1ccc(F)c(F)c1. The molecule has 0 radical (unpaired) electrons. The lowest BCUT2D eigenvalue weighted by Crippen LogP contribution is -2.31. The number of carbonyl (C=O) groups excluding carboxylic acids is 1. The van der Waals surface area contributed by atoms with Crippen molar-refractivity contribution in [3.8, 4) is 0 Å². The van der Waals surface area contributed by atoms with Gasteiger partial charge in [0, 0.05) is 17.8 Å². The molecule has 5 heteroatoms. The quantitative estimate of drug-likeness (QED) is 0.880. The molecule has 0 bridgehead atoms. The smallest absolute Gasteiger partial charge is 0.255 e. The molecule has 2 aromatic carbocycles. The average Bonchev–Trinajstić information content (AvgIpc) is 2.63. The Morgan fingerprint density at radius 1 is 1.00 bits per heavy atom.